The first-order chi connectivity index (χ1) is 7.24. The van der Waals surface area contributed by atoms with Crippen molar-refractivity contribution in [2.75, 3.05) is 13.2 Å². The van der Waals surface area contributed by atoms with Gasteiger partial charge in [-0.25, -0.2) is 0 Å². The summed E-state index contributed by atoms with van der Waals surface area (Å²) in [6.45, 7) is 2.81. The average Bonchev–Trinajstić information content (AvgIpc) is 2.84. The van der Waals surface area contributed by atoms with E-state index in [1.165, 1.54) is 11.3 Å². The summed E-state index contributed by atoms with van der Waals surface area (Å²) in [7, 11) is 0. The van der Waals surface area contributed by atoms with Crippen LogP contribution in [-0.4, -0.2) is 35.1 Å². The Bertz CT molecular complexity index is 361. The Morgan fingerprint density at radius 1 is 1.73 bits per heavy atom. The number of carbonyl (C=O) groups is 1. The molecule has 1 aliphatic heterocycles. The maximum atomic E-state index is 12.1. The lowest BCUT2D eigenvalue weighted by molar-refractivity contribution is 0.0682. The molecule has 1 N–H and O–H groups in total. The summed E-state index contributed by atoms with van der Waals surface area (Å²) in [5.41, 5.74) is 1.04. The summed E-state index contributed by atoms with van der Waals surface area (Å²) in [6.07, 6.45) is 1.92. The number of hydrogen-bond donors (Lipinski definition) is 1. The van der Waals surface area contributed by atoms with Crippen molar-refractivity contribution in [1.29, 1.82) is 0 Å². The van der Waals surface area contributed by atoms with E-state index in [9.17, 15) is 4.79 Å². The highest BCUT2D eigenvalue weighted by Crippen LogP contribution is 2.24. The lowest BCUT2D eigenvalue weighted by atomic mass is 10.2. The summed E-state index contributed by atoms with van der Waals surface area (Å²) in [6, 6.07) is 1.99. The van der Waals surface area contributed by atoms with Gasteiger partial charge in [-0.2, -0.15) is 0 Å². The Hall–Kier alpha value is -0.870. The third-order valence-corrected chi connectivity index (χ3v) is 3.91. The van der Waals surface area contributed by atoms with Gasteiger partial charge in [0, 0.05) is 6.54 Å². The maximum absolute atomic E-state index is 12.1. The van der Waals surface area contributed by atoms with Gasteiger partial charge in [-0.1, -0.05) is 0 Å². The third kappa shape index (κ3) is 1.92. The van der Waals surface area contributed by atoms with E-state index >= 15 is 0 Å². The molecule has 0 spiro atoms. The van der Waals surface area contributed by atoms with Crippen LogP contribution in [0.1, 0.15) is 28.1 Å². The van der Waals surface area contributed by atoms with Crippen molar-refractivity contribution in [2.24, 2.45) is 0 Å². The Kier molecular flexibility index (Phi) is 3.07. The molecule has 0 bridgehead atoms. The fraction of sp³-hybridized carbons (Fsp3) is 0.545. The van der Waals surface area contributed by atoms with Gasteiger partial charge in [-0.3, -0.25) is 4.79 Å². The number of rotatable bonds is 2. The lowest BCUT2D eigenvalue weighted by Crippen LogP contribution is -2.37. The van der Waals surface area contributed by atoms with Crippen molar-refractivity contribution in [1.82, 2.24) is 4.90 Å². The van der Waals surface area contributed by atoms with Crippen LogP contribution in [0, 0.1) is 6.92 Å². The molecule has 0 radical (unpaired) electrons. The van der Waals surface area contributed by atoms with Crippen molar-refractivity contribution in [3.63, 3.8) is 0 Å². The van der Waals surface area contributed by atoms with Crippen LogP contribution in [0.2, 0.25) is 0 Å². The zero-order chi connectivity index (χ0) is 10.8. The molecule has 1 aromatic heterocycles. The van der Waals surface area contributed by atoms with Crippen LogP contribution in [0.15, 0.2) is 11.4 Å². The Balaban J connectivity index is 2.18. The van der Waals surface area contributed by atoms with Crippen molar-refractivity contribution in [2.45, 2.75) is 25.8 Å². The van der Waals surface area contributed by atoms with Crippen LogP contribution in [0.25, 0.3) is 0 Å². The highest BCUT2D eigenvalue weighted by atomic mass is 32.1. The summed E-state index contributed by atoms with van der Waals surface area (Å²) in [5.74, 6) is 0.0825. The van der Waals surface area contributed by atoms with E-state index in [1.807, 2.05) is 18.4 Å². The minimum atomic E-state index is 0.0269. The summed E-state index contributed by atoms with van der Waals surface area (Å²) >= 11 is 1.48. The van der Waals surface area contributed by atoms with Gasteiger partial charge < -0.3 is 10.0 Å². The van der Waals surface area contributed by atoms with Gasteiger partial charge in [0.2, 0.25) is 0 Å². The van der Waals surface area contributed by atoms with E-state index in [4.69, 9.17) is 5.11 Å². The molecule has 15 heavy (non-hydrogen) atoms. The number of aliphatic hydroxyl groups is 1. The molecule has 1 aromatic rings. The van der Waals surface area contributed by atoms with Gasteiger partial charge in [0.25, 0.3) is 5.91 Å². The molecule has 1 amide bonds. The molecular formula is C11H15NO2S. The quantitative estimate of drug-likeness (QED) is 0.831. The van der Waals surface area contributed by atoms with Crippen LogP contribution in [0.4, 0.5) is 0 Å². The molecule has 1 saturated heterocycles. The molecule has 0 saturated carbocycles. The number of likely N-dealkylation sites (tertiary alicyclic amines) is 1. The molecule has 1 fully saturated rings. The molecule has 4 heteroatoms. The van der Waals surface area contributed by atoms with Gasteiger partial charge in [-0.15, -0.1) is 11.3 Å². The normalized spacial score (nSPS) is 20.9. The standard InChI is InChI=1S/C11H15NO2S/c1-8-4-6-15-10(8)11(14)12-5-2-3-9(12)7-13/h4,6,9,13H,2-3,5,7H2,1H3/t9-/m1/s1. The van der Waals surface area contributed by atoms with Gasteiger partial charge in [0.05, 0.1) is 17.5 Å². The number of thiophene rings is 1. The van der Waals surface area contributed by atoms with Crippen LogP contribution in [0.5, 0.6) is 0 Å². The van der Waals surface area contributed by atoms with E-state index in [-0.39, 0.29) is 18.6 Å². The summed E-state index contributed by atoms with van der Waals surface area (Å²) in [5, 5.41) is 11.1. The van der Waals surface area contributed by atoms with Crippen molar-refractivity contribution in [3.05, 3.63) is 21.9 Å². The average molecular weight is 225 g/mol. The van der Waals surface area contributed by atoms with Gasteiger partial charge in [0.1, 0.15) is 0 Å². The second-order valence-electron chi connectivity index (χ2n) is 3.91. The zero-order valence-corrected chi connectivity index (χ0v) is 9.59. The Morgan fingerprint density at radius 2 is 2.53 bits per heavy atom. The predicted molar refractivity (Wildman–Crippen MR) is 60.2 cm³/mol. The van der Waals surface area contributed by atoms with Gasteiger partial charge in [-0.05, 0) is 36.8 Å². The first-order valence-electron chi connectivity index (χ1n) is 5.20. The lowest BCUT2D eigenvalue weighted by Gasteiger charge is -2.22. The minimum absolute atomic E-state index is 0.0269. The maximum Gasteiger partial charge on any atom is 0.264 e. The van der Waals surface area contributed by atoms with Crippen LogP contribution in [-0.2, 0) is 0 Å². The zero-order valence-electron chi connectivity index (χ0n) is 8.77. The molecule has 0 aromatic carbocycles. The fourth-order valence-electron chi connectivity index (χ4n) is 2.02. The fourth-order valence-corrected chi connectivity index (χ4v) is 2.90. The molecule has 3 nitrogen and oxygen atoms in total. The first-order valence-corrected chi connectivity index (χ1v) is 6.08. The number of carbonyl (C=O) groups excluding carboxylic acids is 1. The van der Waals surface area contributed by atoms with Crippen molar-refractivity contribution in [3.8, 4) is 0 Å². The first kappa shape index (κ1) is 10.6. The molecule has 1 aliphatic rings. The SMILES string of the molecule is Cc1ccsc1C(=O)N1CCC[C@@H]1CO. The minimum Gasteiger partial charge on any atom is -0.394 e. The summed E-state index contributed by atoms with van der Waals surface area (Å²) < 4.78 is 0. The molecule has 0 unspecified atom stereocenters. The van der Waals surface area contributed by atoms with Crippen molar-refractivity contribution < 1.29 is 9.90 Å². The summed E-state index contributed by atoms with van der Waals surface area (Å²) in [4.78, 5) is 14.7. The Morgan fingerprint density at radius 3 is 3.13 bits per heavy atom. The number of hydrogen-bond acceptors (Lipinski definition) is 3. The van der Waals surface area contributed by atoms with Gasteiger partial charge in [0.15, 0.2) is 0 Å². The molecule has 1 atom stereocenters. The number of amides is 1. The molecule has 2 heterocycles. The van der Waals surface area contributed by atoms with E-state index < -0.39 is 0 Å². The van der Waals surface area contributed by atoms with Crippen LogP contribution < -0.4 is 0 Å². The van der Waals surface area contributed by atoms with E-state index in [1.54, 1.807) is 4.90 Å². The number of aryl methyl sites for hydroxylation is 1. The van der Waals surface area contributed by atoms with Crippen LogP contribution >= 0.6 is 11.3 Å². The molecular weight excluding hydrogens is 210 g/mol. The highest BCUT2D eigenvalue weighted by Gasteiger charge is 2.29. The van der Waals surface area contributed by atoms with E-state index in [0.717, 1.165) is 29.8 Å². The Labute approximate surface area is 93.3 Å². The van der Waals surface area contributed by atoms with E-state index in [2.05, 4.69) is 0 Å². The second-order valence-corrected chi connectivity index (χ2v) is 4.83. The topological polar surface area (TPSA) is 40.5 Å². The van der Waals surface area contributed by atoms with Crippen LogP contribution in [0.3, 0.4) is 0 Å². The molecule has 0 aliphatic carbocycles. The predicted octanol–water partition coefficient (Wildman–Crippen LogP) is 1.65. The molecule has 2 rings (SSSR count). The number of aliphatic hydroxyl groups excluding tert-OH is 1. The molecule has 82 valence electrons. The largest absolute Gasteiger partial charge is 0.394 e. The monoisotopic (exact) mass is 225 g/mol. The van der Waals surface area contributed by atoms with E-state index in [0.29, 0.717) is 0 Å². The highest BCUT2D eigenvalue weighted by molar-refractivity contribution is 7.12. The smallest absolute Gasteiger partial charge is 0.264 e. The van der Waals surface area contributed by atoms with Crippen molar-refractivity contribution >= 4 is 17.2 Å². The number of nitrogens with zero attached hydrogens (tertiary/aromatic N) is 1. The third-order valence-electron chi connectivity index (χ3n) is 2.91. The second kappa shape index (κ2) is 4.33. The van der Waals surface area contributed by atoms with Gasteiger partial charge >= 0.3 is 0 Å².